The number of hydrogen-bond donors (Lipinski definition) is 1. The molecule has 6 nitrogen and oxygen atoms in total. The highest BCUT2D eigenvalue weighted by molar-refractivity contribution is 6.17. The number of ether oxygens (including phenoxy) is 1. The molecule has 1 aromatic carbocycles. The Morgan fingerprint density at radius 3 is 2.80 bits per heavy atom. The maximum absolute atomic E-state index is 11.9. The van der Waals surface area contributed by atoms with Crippen LogP contribution in [0.3, 0.4) is 0 Å². The van der Waals surface area contributed by atoms with Gasteiger partial charge in [-0.3, -0.25) is 14.9 Å². The summed E-state index contributed by atoms with van der Waals surface area (Å²) in [6, 6.07) is 4.03. The summed E-state index contributed by atoms with van der Waals surface area (Å²) in [6.45, 7) is 2.49. The number of nitro groups is 1. The molecule has 0 aliphatic carbocycles. The van der Waals surface area contributed by atoms with Crippen molar-refractivity contribution in [1.29, 1.82) is 0 Å². The van der Waals surface area contributed by atoms with Gasteiger partial charge in [0.25, 0.3) is 5.91 Å². The third-order valence-electron chi connectivity index (χ3n) is 2.85. The number of benzene rings is 1. The van der Waals surface area contributed by atoms with Crippen molar-refractivity contribution in [2.45, 2.75) is 13.3 Å². The SMILES string of the molecule is COc1cc(C(=O)NCC(C)CCCl)ccc1[N+](=O)[O-]. The highest BCUT2D eigenvalue weighted by atomic mass is 35.5. The summed E-state index contributed by atoms with van der Waals surface area (Å²) in [7, 11) is 1.33. The van der Waals surface area contributed by atoms with Crippen LogP contribution >= 0.6 is 11.6 Å². The van der Waals surface area contributed by atoms with Gasteiger partial charge in [0.15, 0.2) is 5.75 Å². The molecule has 0 aliphatic rings. The van der Waals surface area contributed by atoms with Gasteiger partial charge in [-0.15, -0.1) is 11.6 Å². The van der Waals surface area contributed by atoms with E-state index in [0.29, 0.717) is 18.0 Å². The van der Waals surface area contributed by atoms with Crippen LogP contribution < -0.4 is 10.1 Å². The molecule has 0 heterocycles. The van der Waals surface area contributed by atoms with Crippen molar-refractivity contribution in [2.75, 3.05) is 19.5 Å². The lowest BCUT2D eigenvalue weighted by Gasteiger charge is -2.11. The molecular weight excluding hydrogens is 284 g/mol. The van der Waals surface area contributed by atoms with E-state index in [1.165, 1.54) is 25.3 Å². The van der Waals surface area contributed by atoms with Gasteiger partial charge in [-0.2, -0.15) is 0 Å². The van der Waals surface area contributed by atoms with E-state index in [2.05, 4.69) is 5.32 Å². The number of halogens is 1. The number of alkyl halides is 1. The summed E-state index contributed by atoms with van der Waals surface area (Å²) in [5.74, 6) is 0.593. The third kappa shape index (κ3) is 4.38. The minimum atomic E-state index is -0.553. The number of hydrogen-bond acceptors (Lipinski definition) is 4. The topological polar surface area (TPSA) is 81.5 Å². The quantitative estimate of drug-likeness (QED) is 0.477. The predicted octanol–water partition coefficient (Wildman–Crippen LogP) is 2.60. The monoisotopic (exact) mass is 300 g/mol. The summed E-state index contributed by atoms with van der Waals surface area (Å²) in [6.07, 6.45) is 0.811. The first kappa shape index (κ1) is 16.2. The Labute approximate surface area is 122 Å². The highest BCUT2D eigenvalue weighted by Gasteiger charge is 2.17. The predicted molar refractivity (Wildman–Crippen MR) is 76.5 cm³/mol. The highest BCUT2D eigenvalue weighted by Crippen LogP contribution is 2.27. The van der Waals surface area contributed by atoms with E-state index in [1.54, 1.807) is 0 Å². The summed E-state index contributed by atoms with van der Waals surface area (Å²) in [5.41, 5.74) is 0.157. The molecule has 0 fully saturated rings. The molecule has 1 unspecified atom stereocenters. The van der Waals surface area contributed by atoms with E-state index >= 15 is 0 Å². The Morgan fingerprint density at radius 1 is 1.55 bits per heavy atom. The molecule has 7 heteroatoms. The maximum atomic E-state index is 11.9. The van der Waals surface area contributed by atoms with Crippen molar-refractivity contribution in [1.82, 2.24) is 5.32 Å². The van der Waals surface area contributed by atoms with E-state index in [4.69, 9.17) is 16.3 Å². The normalized spacial score (nSPS) is 11.8. The minimum absolute atomic E-state index is 0.0662. The Kier molecular flexibility index (Phi) is 6.24. The fraction of sp³-hybridized carbons (Fsp3) is 0.462. The first-order valence-electron chi connectivity index (χ1n) is 6.16. The Bertz CT molecular complexity index is 493. The van der Waals surface area contributed by atoms with Crippen molar-refractivity contribution in [3.8, 4) is 5.75 Å². The molecule has 0 radical (unpaired) electrons. The number of amides is 1. The number of carbonyl (C=O) groups is 1. The van der Waals surface area contributed by atoms with E-state index in [0.717, 1.165) is 6.42 Å². The summed E-state index contributed by atoms with van der Waals surface area (Å²) in [5, 5.41) is 13.5. The molecule has 20 heavy (non-hydrogen) atoms. The molecule has 1 N–H and O–H groups in total. The van der Waals surface area contributed by atoms with Crippen LogP contribution in [0.15, 0.2) is 18.2 Å². The third-order valence-corrected chi connectivity index (χ3v) is 3.07. The maximum Gasteiger partial charge on any atom is 0.310 e. The first-order chi connectivity index (χ1) is 9.49. The molecule has 0 aromatic heterocycles. The van der Waals surface area contributed by atoms with Crippen molar-refractivity contribution in [3.63, 3.8) is 0 Å². The Hall–Kier alpha value is -1.82. The fourth-order valence-electron chi connectivity index (χ4n) is 1.63. The van der Waals surface area contributed by atoms with Gasteiger partial charge in [0.05, 0.1) is 12.0 Å². The van der Waals surface area contributed by atoms with Gasteiger partial charge in [0.1, 0.15) is 0 Å². The minimum Gasteiger partial charge on any atom is -0.490 e. The van der Waals surface area contributed by atoms with E-state index in [1.807, 2.05) is 6.92 Å². The van der Waals surface area contributed by atoms with Crippen molar-refractivity contribution in [2.24, 2.45) is 5.92 Å². The van der Waals surface area contributed by atoms with E-state index in [-0.39, 0.29) is 23.3 Å². The molecule has 110 valence electrons. The van der Waals surface area contributed by atoms with Crippen molar-refractivity contribution < 1.29 is 14.5 Å². The van der Waals surface area contributed by atoms with Crippen LogP contribution in [0.4, 0.5) is 5.69 Å². The molecule has 1 amide bonds. The summed E-state index contributed by atoms with van der Waals surface area (Å²) < 4.78 is 4.92. The molecule has 1 aromatic rings. The van der Waals surface area contributed by atoms with E-state index in [9.17, 15) is 14.9 Å². The lowest BCUT2D eigenvalue weighted by atomic mass is 10.1. The van der Waals surface area contributed by atoms with Crippen LogP contribution in [0, 0.1) is 16.0 Å². The van der Waals surface area contributed by atoms with Gasteiger partial charge in [-0.25, -0.2) is 0 Å². The van der Waals surface area contributed by atoms with Gasteiger partial charge in [0, 0.05) is 30.1 Å². The molecule has 0 spiro atoms. The lowest BCUT2D eigenvalue weighted by molar-refractivity contribution is -0.385. The second-order valence-corrected chi connectivity index (χ2v) is 4.81. The van der Waals surface area contributed by atoms with Gasteiger partial charge in [-0.05, 0) is 18.4 Å². The number of carbonyl (C=O) groups excluding carboxylic acids is 1. The Balaban J connectivity index is 2.76. The van der Waals surface area contributed by atoms with Gasteiger partial charge >= 0.3 is 5.69 Å². The van der Waals surface area contributed by atoms with Crippen molar-refractivity contribution in [3.05, 3.63) is 33.9 Å². The van der Waals surface area contributed by atoms with Gasteiger partial charge in [-0.1, -0.05) is 6.92 Å². The van der Waals surface area contributed by atoms with E-state index < -0.39 is 4.92 Å². The lowest BCUT2D eigenvalue weighted by Crippen LogP contribution is -2.28. The zero-order valence-corrected chi connectivity index (χ0v) is 12.1. The smallest absolute Gasteiger partial charge is 0.310 e. The Morgan fingerprint density at radius 2 is 2.25 bits per heavy atom. The van der Waals surface area contributed by atoms with Crippen LogP contribution in [0.2, 0.25) is 0 Å². The fourth-order valence-corrected chi connectivity index (χ4v) is 2.00. The van der Waals surface area contributed by atoms with Crippen LogP contribution in [-0.2, 0) is 0 Å². The van der Waals surface area contributed by atoms with Crippen LogP contribution in [0.1, 0.15) is 23.7 Å². The zero-order valence-electron chi connectivity index (χ0n) is 11.4. The standard InChI is InChI=1S/C13H17ClN2O4/c1-9(5-6-14)8-15-13(17)10-3-4-11(16(18)19)12(7-10)20-2/h3-4,7,9H,5-6,8H2,1-2H3,(H,15,17). The largest absolute Gasteiger partial charge is 0.490 e. The van der Waals surface area contributed by atoms with Gasteiger partial charge in [0.2, 0.25) is 0 Å². The van der Waals surface area contributed by atoms with Crippen LogP contribution in [0.5, 0.6) is 5.75 Å². The number of nitro benzene ring substituents is 1. The summed E-state index contributed by atoms with van der Waals surface area (Å²) >= 11 is 5.62. The van der Waals surface area contributed by atoms with Gasteiger partial charge < -0.3 is 10.1 Å². The van der Waals surface area contributed by atoms with Crippen LogP contribution in [0.25, 0.3) is 0 Å². The number of nitrogens with zero attached hydrogens (tertiary/aromatic N) is 1. The number of methoxy groups -OCH3 is 1. The second-order valence-electron chi connectivity index (χ2n) is 4.44. The molecule has 1 atom stereocenters. The molecule has 1 rings (SSSR count). The van der Waals surface area contributed by atoms with Crippen LogP contribution in [-0.4, -0.2) is 30.4 Å². The zero-order chi connectivity index (χ0) is 15.1. The average Bonchev–Trinajstić information content (AvgIpc) is 2.44. The molecular formula is C13H17ClN2O4. The average molecular weight is 301 g/mol. The first-order valence-corrected chi connectivity index (χ1v) is 6.69. The molecule has 0 bridgehead atoms. The molecule has 0 aliphatic heterocycles. The molecule has 0 saturated heterocycles. The molecule has 0 saturated carbocycles. The second kappa shape index (κ2) is 7.69. The number of nitrogens with one attached hydrogen (secondary N) is 1. The summed E-state index contributed by atoms with van der Waals surface area (Å²) in [4.78, 5) is 22.1. The number of rotatable bonds is 7. The van der Waals surface area contributed by atoms with Crippen molar-refractivity contribution >= 4 is 23.2 Å².